The van der Waals surface area contributed by atoms with Gasteiger partial charge in [-0.05, 0) is 36.2 Å². The van der Waals surface area contributed by atoms with Crippen LogP contribution in [0.3, 0.4) is 0 Å². The molecule has 22 heavy (non-hydrogen) atoms. The number of fused-ring (bicyclic) bond motifs is 3. The molecule has 0 saturated heterocycles. The lowest BCUT2D eigenvalue weighted by molar-refractivity contribution is 0.478. The van der Waals surface area contributed by atoms with Crippen molar-refractivity contribution in [3.63, 3.8) is 0 Å². The fourth-order valence-corrected chi connectivity index (χ4v) is 3.24. The summed E-state index contributed by atoms with van der Waals surface area (Å²) in [4.78, 5) is 0. The van der Waals surface area contributed by atoms with E-state index in [0.29, 0.717) is 5.75 Å². The van der Waals surface area contributed by atoms with Gasteiger partial charge in [0.15, 0.2) is 0 Å². The Morgan fingerprint density at radius 1 is 0.864 bits per heavy atom. The third-order valence-electron chi connectivity index (χ3n) is 4.17. The lowest BCUT2D eigenvalue weighted by Crippen LogP contribution is -1.99. The molecule has 108 valence electrons. The summed E-state index contributed by atoms with van der Waals surface area (Å²) in [5.41, 5.74) is 4.37. The topological polar surface area (TPSA) is 25.2 Å². The van der Waals surface area contributed by atoms with Crippen LogP contribution in [0, 0.1) is 6.92 Å². The summed E-state index contributed by atoms with van der Waals surface area (Å²) >= 11 is 0. The number of hydrogen-bond donors (Lipinski definition) is 1. The lowest BCUT2D eigenvalue weighted by atomic mass is 10.1. The predicted octanol–water partition coefficient (Wildman–Crippen LogP) is 4.86. The van der Waals surface area contributed by atoms with Crippen molar-refractivity contribution in [2.75, 3.05) is 0 Å². The maximum Gasteiger partial charge on any atom is 0.140 e. The molecule has 0 unspecified atom stereocenters. The van der Waals surface area contributed by atoms with Gasteiger partial charge in [-0.3, -0.25) is 0 Å². The number of phenolic OH excluding ortho intramolecular Hbond substituents is 1. The van der Waals surface area contributed by atoms with Crippen LogP contribution in [0.1, 0.15) is 11.1 Å². The molecule has 0 fully saturated rings. The summed E-state index contributed by atoms with van der Waals surface area (Å²) in [5.74, 6) is 0.349. The molecule has 1 aromatic heterocycles. The van der Waals surface area contributed by atoms with E-state index in [1.807, 2.05) is 43.3 Å². The van der Waals surface area contributed by atoms with Crippen molar-refractivity contribution in [3.8, 4) is 5.75 Å². The zero-order valence-electron chi connectivity index (χ0n) is 12.5. The SMILES string of the molecule is Cc1cc(O)c2c(c1)c1ccccc1n2Cc1ccccc1. The second kappa shape index (κ2) is 4.92. The highest BCUT2D eigenvalue weighted by Crippen LogP contribution is 2.35. The van der Waals surface area contributed by atoms with Crippen molar-refractivity contribution < 1.29 is 5.11 Å². The largest absolute Gasteiger partial charge is 0.506 e. The minimum Gasteiger partial charge on any atom is -0.506 e. The molecule has 0 aliphatic rings. The van der Waals surface area contributed by atoms with Crippen LogP contribution in [0.5, 0.6) is 5.75 Å². The van der Waals surface area contributed by atoms with Crippen LogP contribution in [0.15, 0.2) is 66.7 Å². The first-order chi connectivity index (χ1) is 10.7. The van der Waals surface area contributed by atoms with E-state index in [9.17, 15) is 5.11 Å². The van der Waals surface area contributed by atoms with Crippen LogP contribution < -0.4 is 0 Å². The third kappa shape index (κ3) is 1.96. The predicted molar refractivity (Wildman–Crippen MR) is 91.4 cm³/mol. The highest BCUT2D eigenvalue weighted by molar-refractivity contribution is 6.10. The van der Waals surface area contributed by atoms with Crippen molar-refractivity contribution >= 4 is 21.8 Å². The van der Waals surface area contributed by atoms with Gasteiger partial charge in [0.1, 0.15) is 5.75 Å². The first-order valence-corrected chi connectivity index (χ1v) is 7.48. The molecule has 0 radical (unpaired) electrons. The minimum absolute atomic E-state index is 0.349. The van der Waals surface area contributed by atoms with Crippen LogP contribution in [0.2, 0.25) is 0 Å². The minimum atomic E-state index is 0.349. The average molecular weight is 287 g/mol. The quantitative estimate of drug-likeness (QED) is 0.560. The first kappa shape index (κ1) is 13.0. The van der Waals surface area contributed by atoms with Crippen LogP contribution in [-0.2, 0) is 6.54 Å². The molecule has 1 heterocycles. The number of rotatable bonds is 2. The van der Waals surface area contributed by atoms with Crippen LogP contribution in [-0.4, -0.2) is 9.67 Å². The summed E-state index contributed by atoms with van der Waals surface area (Å²) in [7, 11) is 0. The molecule has 0 saturated carbocycles. The standard InChI is InChI=1S/C20H17NO/c1-14-11-17-16-9-5-6-10-18(16)21(20(17)19(22)12-14)13-15-7-3-2-4-8-15/h2-12,22H,13H2,1H3. The molecule has 0 aliphatic heterocycles. The van der Waals surface area contributed by atoms with Gasteiger partial charge in [-0.2, -0.15) is 0 Å². The number of benzene rings is 3. The van der Waals surface area contributed by atoms with Gasteiger partial charge in [0.2, 0.25) is 0 Å². The average Bonchev–Trinajstić information content (AvgIpc) is 2.83. The number of aromatic nitrogens is 1. The normalized spacial score (nSPS) is 11.3. The van der Waals surface area contributed by atoms with E-state index in [4.69, 9.17) is 0 Å². The fourth-order valence-electron chi connectivity index (χ4n) is 3.24. The van der Waals surface area contributed by atoms with E-state index >= 15 is 0 Å². The molecule has 0 atom stereocenters. The summed E-state index contributed by atoms with van der Waals surface area (Å²) in [5, 5.41) is 12.8. The van der Waals surface area contributed by atoms with Crippen molar-refractivity contribution in [1.29, 1.82) is 0 Å². The van der Waals surface area contributed by atoms with E-state index in [2.05, 4.69) is 34.9 Å². The molecule has 0 bridgehead atoms. The maximum absolute atomic E-state index is 10.5. The molecule has 4 rings (SSSR count). The second-order valence-corrected chi connectivity index (χ2v) is 5.77. The summed E-state index contributed by atoms with van der Waals surface area (Å²) in [6, 6.07) is 22.7. The third-order valence-corrected chi connectivity index (χ3v) is 4.17. The number of nitrogens with zero attached hydrogens (tertiary/aromatic N) is 1. The molecule has 3 aromatic carbocycles. The number of aromatic hydroxyl groups is 1. The van der Waals surface area contributed by atoms with Crippen molar-refractivity contribution in [3.05, 3.63) is 77.9 Å². The van der Waals surface area contributed by atoms with Crippen molar-refractivity contribution in [2.45, 2.75) is 13.5 Å². The molecule has 0 aliphatic carbocycles. The van der Waals surface area contributed by atoms with E-state index in [-0.39, 0.29) is 0 Å². The number of para-hydroxylation sites is 1. The molecule has 0 amide bonds. The van der Waals surface area contributed by atoms with Crippen LogP contribution >= 0.6 is 0 Å². The van der Waals surface area contributed by atoms with Gasteiger partial charge in [-0.25, -0.2) is 0 Å². The fraction of sp³-hybridized carbons (Fsp3) is 0.100. The number of aryl methyl sites for hydroxylation is 1. The van der Waals surface area contributed by atoms with Gasteiger partial charge >= 0.3 is 0 Å². The van der Waals surface area contributed by atoms with Crippen molar-refractivity contribution in [2.24, 2.45) is 0 Å². The molecule has 1 N–H and O–H groups in total. The first-order valence-electron chi connectivity index (χ1n) is 7.48. The Kier molecular flexibility index (Phi) is 2.90. The van der Waals surface area contributed by atoms with Gasteiger partial charge in [0.25, 0.3) is 0 Å². The Hall–Kier alpha value is -2.74. The smallest absolute Gasteiger partial charge is 0.140 e. The monoisotopic (exact) mass is 287 g/mol. The zero-order valence-corrected chi connectivity index (χ0v) is 12.5. The highest BCUT2D eigenvalue weighted by Gasteiger charge is 2.14. The summed E-state index contributed by atoms with van der Waals surface area (Å²) in [6.07, 6.45) is 0. The van der Waals surface area contributed by atoms with Gasteiger partial charge in [0, 0.05) is 22.8 Å². The Bertz CT molecular complexity index is 967. The molecule has 0 spiro atoms. The van der Waals surface area contributed by atoms with Gasteiger partial charge in [-0.1, -0.05) is 48.5 Å². The van der Waals surface area contributed by atoms with Gasteiger partial charge < -0.3 is 9.67 Å². The number of hydrogen-bond acceptors (Lipinski definition) is 1. The highest BCUT2D eigenvalue weighted by atomic mass is 16.3. The van der Waals surface area contributed by atoms with Gasteiger partial charge in [-0.15, -0.1) is 0 Å². The summed E-state index contributed by atoms with van der Waals surface area (Å²) in [6.45, 7) is 2.77. The Morgan fingerprint density at radius 2 is 1.59 bits per heavy atom. The Labute approximate surface area is 129 Å². The zero-order chi connectivity index (χ0) is 15.1. The second-order valence-electron chi connectivity index (χ2n) is 5.77. The maximum atomic E-state index is 10.5. The summed E-state index contributed by atoms with van der Waals surface area (Å²) < 4.78 is 2.20. The van der Waals surface area contributed by atoms with E-state index in [1.54, 1.807) is 0 Å². The number of phenols is 1. The molecule has 2 nitrogen and oxygen atoms in total. The Morgan fingerprint density at radius 3 is 2.41 bits per heavy atom. The molecular formula is C20H17NO. The molecular weight excluding hydrogens is 270 g/mol. The van der Waals surface area contributed by atoms with E-state index < -0.39 is 0 Å². The van der Waals surface area contributed by atoms with Gasteiger partial charge in [0.05, 0.1) is 5.52 Å². The van der Waals surface area contributed by atoms with E-state index in [0.717, 1.165) is 28.5 Å². The molecule has 2 heteroatoms. The van der Waals surface area contributed by atoms with E-state index in [1.165, 1.54) is 10.9 Å². The van der Waals surface area contributed by atoms with Crippen molar-refractivity contribution in [1.82, 2.24) is 4.57 Å². The van der Waals surface area contributed by atoms with Crippen LogP contribution in [0.4, 0.5) is 0 Å². The van der Waals surface area contributed by atoms with Crippen LogP contribution in [0.25, 0.3) is 21.8 Å². The molecule has 4 aromatic rings. The lowest BCUT2D eigenvalue weighted by Gasteiger charge is -2.09. The Balaban J connectivity index is 2.06.